The van der Waals surface area contributed by atoms with Crippen molar-refractivity contribution in [2.24, 2.45) is 0 Å². The average molecular weight is 390 g/mol. The molecule has 0 unspecified atom stereocenters. The van der Waals surface area contributed by atoms with Gasteiger partial charge in [0.2, 0.25) is 5.91 Å². The molecule has 0 fully saturated rings. The van der Waals surface area contributed by atoms with Crippen LogP contribution in [0.5, 0.6) is 0 Å². The SMILES string of the molecule is CC[C@@H](Cn1nnc2ccccc2c1=O)NC(=O)CCn1ncc2ccccc21. The molecule has 0 bridgehead atoms. The van der Waals surface area contributed by atoms with E-state index in [1.54, 1.807) is 24.4 Å². The van der Waals surface area contributed by atoms with Gasteiger partial charge in [0, 0.05) is 17.8 Å². The van der Waals surface area contributed by atoms with Gasteiger partial charge < -0.3 is 5.32 Å². The Kier molecular flexibility index (Phi) is 5.33. The summed E-state index contributed by atoms with van der Waals surface area (Å²) in [7, 11) is 0. The fraction of sp³-hybridized carbons (Fsp3) is 0.286. The molecule has 1 amide bonds. The number of carbonyl (C=O) groups is 1. The normalized spacial score (nSPS) is 12.3. The molecule has 4 aromatic rings. The number of fused-ring (bicyclic) bond motifs is 2. The summed E-state index contributed by atoms with van der Waals surface area (Å²) in [6, 6.07) is 14.8. The van der Waals surface area contributed by atoms with Crippen LogP contribution >= 0.6 is 0 Å². The molecule has 2 aromatic carbocycles. The molecule has 1 N–H and O–H groups in total. The van der Waals surface area contributed by atoms with Crippen molar-refractivity contribution < 1.29 is 4.79 Å². The van der Waals surface area contributed by atoms with E-state index in [0.29, 0.717) is 30.3 Å². The standard InChI is InChI=1S/C21H22N6O2/c1-2-16(14-27-21(29)17-8-4-5-9-18(17)24-25-27)23-20(28)11-12-26-19-10-6-3-7-15(19)13-22-26/h3-10,13,16H,2,11-12,14H2,1H3,(H,23,28)/t16-/m0/s1. The molecule has 0 aliphatic heterocycles. The van der Waals surface area contributed by atoms with Crippen LogP contribution in [0.1, 0.15) is 19.8 Å². The minimum absolute atomic E-state index is 0.0850. The van der Waals surface area contributed by atoms with Gasteiger partial charge in [-0.2, -0.15) is 5.10 Å². The third kappa shape index (κ3) is 4.01. The molecule has 0 saturated carbocycles. The topological polar surface area (TPSA) is 94.7 Å². The molecular formula is C21H22N6O2. The highest BCUT2D eigenvalue weighted by Gasteiger charge is 2.14. The predicted molar refractivity (Wildman–Crippen MR) is 110 cm³/mol. The van der Waals surface area contributed by atoms with Crippen LogP contribution < -0.4 is 10.9 Å². The molecule has 29 heavy (non-hydrogen) atoms. The molecule has 0 aliphatic carbocycles. The van der Waals surface area contributed by atoms with E-state index < -0.39 is 0 Å². The van der Waals surface area contributed by atoms with E-state index in [1.807, 2.05) is 41.9 Å². The summed E-state index contributed by atoms with van der Waals surface area (Å²) in [6.07, 6.45) is 2.78. The van der Waals surface area contributed by atoms with Crippen molar-refractivity contribution in [3.63, 3.8) is 0 Å². The summed E-state index contributed by atoms with van der Waals surface area (Å²) >= 11 is 0. The first kappa shape index (κ1) is 18.8. The zero-order chi connectivity index (χ0) is 20.2. The van der Waals surface area contributed by atoms with E-state index in [4.69, 9.17) is 0 Å². The maximum absolute atomic E-state index is 12.6. The van der Waals surface area contributed by atoms with Gasteiger partial charge >= 0.3 is 0 Å². The average Bonchev–Trinajstić information content (AvgIpc) is 3.17. The molecule has 2 heterocycles. The van der Waals surface area contributed by atoms with Crippen LogP contribution in [-0.2, 0) is 17.9 Å². The van der Waals surface area contributed by atoms with Crippen LogP contribution in [0.2, 0.25) is 0 Å². The van der Waals surface area contributed by atoms with E-state index >= 15 is 0 Å². The second-order valence-electron chi connectivity index (χ2n) is 6.94. The first-order valence-electron chi connectivity index (χ1n) is 9.68. The van der Waals surface area contributed by atoms with E-state index in [1.165, 1.54) is 4.68 Å². The van der Waals surface area contributed by atoms with Crippen molar-refractivity contribution in [1.29, 1.82) is 0 Å². The Balaban J connectivity index is 1.40. The first-order valence-corrected chi connectivity index (χ1v) is 9.68. The Morgan fingerprint density at radius 3 is 2.76 bits per heavy atom. The fourth-order valence-electron chi connectivity index (χ4n) is 3.34. The number of carbonyl (C=O) groups excluding carboxylic acids is 1. The summed E-state index contributed by atoms with van der Waals surface area (Å²) < 4.78 is 3.15. The summed E-state index contributed by atoms with van der Waals surface area (Å²) in [5, 5.41) is 17.0. The third-order valence-corrected chi connectivity index (χ3v) is 4.98. The Morgan fingerprint density at radius 1 is 1.10 bits per heavy atom. The molecule has 4 rings (SSSR count). The maximum atomic E-state index is 12.6. The van der Waals surface area contributed by atoms with Gasteiger partial charge in [-0.1, -0.05) is 42.5 Å². The number of nitrogens with zero attached hydrogens (tertiary/aromatic N) is 5. The zero-order valence-corrected chi connectivity index (χ0v) is 16.2. The minimum atomic E-state index is -0.204. The largest absolute Gasteiger partial charge is 0.351 e. The lowest BCUT2D eigenvalue weighted by Gasteiger charge is -2.17. The molecule has 1 atom stereocenters. The van der Waals surface area contributed by atoms with Gasteiger partial charge in [0.1, 0.15) is 5.52 Å². The lowest BCUT2D eigenvalue weighted by atomic mass is 10.2. The maximum Gasteiger partial charge on any atom is 0.277 e. The molecule has 0 saturated heterocycles. The van der Waals surface area contributed by atoms with Crippen molar-refractivity contribution in [1.82, 2.24) is 30.1 Å². The molecule has 0 aliphatic rings. The van der Waals surface area contributed by atoms with E-state index in [9.17, 15) is 9.59 Å². The molecule has 0 spiro atoms. The summed E-state index contributed by atoms with van der Waals surface area (Å²) in [6.45, 7) is 2.74. The Morgan fingerprint density at radius 2 is 1.90 bits per heavy atom. The van der Waals surface area contributed by atoms with E-state index in [-0.39, 0.29) is 24.1 Å². The summed E-state index contributed by atoms with van der Waals surface area (Å²) in [5.41, 5.74) is 1.37. The summed E-state index contributed by atoms with van der Waals surface area (Å²) in [4.78, 5) is 25.1. The molecule has 8 heteroatoms. The predicted octanol–water partition coefficient (Wildman–Crippen LogP) is 2.13. The minimum Gasteiger partial charge on any atom is -0.351 e. The second kappa shape index (κ2) is 8.22. The third-order valence-electron chi connectivity index (χ3n) is 4.98. The lowest BCUT2D eigenvalue weighted by Crippen LogP contribution is -2.41. The van der Waals surface area contributed by atoms with Crippen LogP contribution in [0.4, 0.5) is 0 Å². The van der Waals surface area contributed by atoms with Crippen molar-refractivity contribution in [2.45, 2.75) is 38.9 Å². The van der Waals surface area contributed by atoms with Crippen molar-refractivity contribution in [2.75, 3.05) is 0 Å². The molecule has 0 radical (unpaired) electrons. The zero-order valence-electron chi connectivity index (χ0n) is 16.2. The van der Waals surface area contributed by atoms with Gasteiger partial charge in [-0.15, -0.1) is 5.10 Å². The van der Waals surface area contributed by atoms with E-state index in [2.05, 4.69) is 20.7 Å². The highest BCUT2D eigenvalue weighted by atomic mass is 16.2. The number of aromatic nitrogens is 5. The first-order chi connectivity index (χ1) is 14.2. The molecule has 8 nitrogen and oxygen atoms in total. The van der Waals surface area contributed by atoms with Crippen molar-refractivity contribution in [3.05, 3.63) is 65.1 Å². The highest BCUT2D eigenvalue weighted by molar-refractivity contribution is 5.79. The van der Waals surface area contributed by atoms with Gasteiger partial charge in [-0.05, 0) is 24.6 Å². The van der Waals surface area contributed by atoms with Gasteiger partial charge in [0.05, 0.1) is 30.2 Å². The molecular weight excluding hydrogens is 368 g/mol. The van der Waals surface area contributed by atoms with Gasteiger partial charge in [0.25, 0.3) is 5.56 Å². The number of hydrogen-bond donors (Lipinski definition) is 1. The van der Waals surface area contributed by atoms with E-state index in [0.717, 1.165) is 10.9 Å². The van der Waals surface area contributed by atoms with Gasteiger partial charge in [-0.25, -0.2) is 4.68 Å². The lowest BCUT2D eigenvalue weighted by molar-refractivity contribution is -0.122. The smallest absolute Gasteiger partial charge is 0.277 e. The number of rotatable bonds is 7. The monoisotopic (exact) mass is 390 g/mol. The van der Waals surface area contributed by atoms with Crippen molar-refractivity contribution >= 4 is 27.7 Å². The fourth-order valence-corrected chi connectivity index (χ4v) is 3.34. The molecule has 2 aromatic heterocycles. The highest BCUT2D eigenvalue weighted by Crippen LogP contribution is 2.13. The number of aryl methyl sites for hydroxylation is 1. The van der Waals surface area contributed by atoms with Crippen LogP contribution in [0.15, 0.2) is 59.5 Å². The van der Waals surface area contributed by atoms with Crippen LogP contribution in [0.3, 0.4) is 0 Å². The number of benzene rings is 2. The number of nitrogens with one attached hydrogen (secondary N) is 1. The number of para-hydroxylation sites is 1. The number of amides is 1. The Bertz CT molecular complexity index is 1210. The van der Waals surface area contributed by atoms with Gasteiger partial charge in [-0.3, -0.25) is 14.3 Å². The quantitative estimate of drug-likeness (QED) is 0.522. The van der Waals surface area contributed by atoms with Gasteiger partial charge in [0.15, 0.2) is 0 Å². The van der Waals surface area contributed by atoms with Crippen LogP contribution in [0, 0.1) is 0 Å². The summed E-state index contributed by atoms with van der Waals surface area (Å²) in [5.74, 6) is -0.0850. The number of hydrogen-bond acceptors (Lipinski definition) is 5. The second-order valence-corrected chi connectivity index (χ2v) is 6.94. The van der Waals surface area contributed by atoms with Crippen LogP contribution in [-0.4, -0.2) is 36.7 Å². The molecule has 148 valence electrons. The van der Waals surface area contributed by atoms with Crippen molar-refractivity contribution in [3.8, 4) is 0 Å². The Labute approximate surface area is 167 Å². The Hall–Kier alpha value is -3.55. The van der Waals surface area contributed by atoms with Crippen LogP contribution in [0.25, 0.3) is 21.8 Å².